The summed E-state index contributed by atoms with van der Waals surface area (Å²) in [4.78, 5) is 0. The summed E-state index contributed by atoms with van der Waals surface area (Å²) in [6.45, 7) is 4.97. The van der Waals surface area contributed by atoms with E-state index in [0.717, 1.165) is 0 Å². The van der Waals surface area contributed by atoms with E-state index in [-0.39, 0.29) is 0 Å². The van der Waals surface area contributed by atoms with Crippen molar-refractivity contribution in [2.75, 3.05) is 6.54 Å². The van der Waals surface area contributed by atoms with Crippen molar-refractivity contribution in [3.05, 3.63) is 39.9 Å². The first-order chi connectivity index (χ1) is 6.65. The predicted molar refractivity (Wildman–Crippen MR) is 66.3 cm³/mol. The molecule has 0 saturated carbocycles. The molecule has 0 spiro atoms. The van der Waals surface area contributed by atoms with Gasteiger partial charge in [0.1, 0.15) is 0 Å². The van der Waals surface area contributed by atoms with Crippen molar-refractivity contribution in [3.8, 4) is 0 Å². The Bertz CT molecular complexity index is 329. The fourth-order valence-corrected chi connectivity index (χ4v) is 2.17. The van der Waals surface area contributed by atoms with E-state index in [1.165, 1.54) is 15.6 Å². The van der Waals surface area contributed by atoms with Gasteiger partial charge in [-0.25, -0.2) is 0 Å². The van der Waals surface area contributed by atoms with E-state index in [9.17, 15) is 0 Å². The molecule has 2 N–H and O–H groups in total. The first-order valence-electron chi connectivity index (χ1n) is 4.81. The van der Waals surface area contributed by atoms with Crippen LogP contribution in [0.25, 0.3) is 6.08 Å². The van der Waals surface area contributed by atoms with Crippen LogP contribution in [-0.4, -0.2) is 6.54 Å². The van der Waals surface area contributed by atoms with Gasteiger partial charge in [0.05, 0.1) is 0 Å². The van der Waals surface area contributed by atoms with Gasteiger partial charge in [0, 0.05) is 11.0 Å². The third-order valence-corrected chi connectivity index (χ3v) is 2.78. The standard InChI is InChI=1S/C12H16BrN/c1-9(2)11-6-5-10(4-3-7-14)8-12(11)13/h3-6,8-9H,7,14H2,1-2H3/b4-3+. The van der Waals surface area contributed by atoms with Crippen LogP contribution in [0.3, 0.4) is 0 Å². The maximum atomic E-state index is 5.39. The third-order valence-electron chi connectivity index (χ3n) is 2.09. The number of halogens is 1. The summed E-state index contributed by atoms with van der Waals surface area (Å²) in [6, 6.07) is 6.40. The first kappa shape index (κ1) is 11.5. The Kier molecular flexibility index (Phi) is 4.36. The Balaban J connectivity index is 2.94. The van der Waals surface area contributed by atoms with Gasteiger partial charge in [-0.05, 0) is 23.1 Å². The van der Waals surface area contributed by atoms with Crippen LogP contribution >= 0.6 is 15.9 Å². The summed E-state index contributed by atoms with van der Waals surface area (Å²) in [7, 11) is 0. The molecule has 0 bridgehead atoms. The van der Waals surface area contributed by atoms with Crippen molar-refractivity contribution in [2.24, 2.45) is 5.73 Å². The molecule has 0 unspecified atom stereocenters. The molecule has 0 aliphatic heterocycles. The van der Waals surface area contributed by atoms with Crippen LogP contribution in [-0.2, 0) is 0 Å². The zero-order valence-electron chi connectivity index (χ0n) is 8.63. The summed E-state index contributed by atoms with van der Waals surface area (Å²) < 4.78 is 1.17. The second-order valence-corrected chi connectivity index (χ2v) is 4.43. The number of nitrogens with two attached hydrogens (primary N) is 1. The molecule has 0 heterocycles. The molecule has 0 aliphatic carbocycles. The van der Waals surface area contributed by atoms with E-state index in [0.29, 0.717) is 12.5 Å². The molecule has 0 aromatic heterocycles. The van der Waals surface area contributed by atoms with Gasteiger partial charge in [-0.1, -0.05) is 54.1 Å². The van der Waals surface area contributed by atoms with Crippen LogP contribution in [0.15, 0.2) is 28.7 Å². The average molecular weight is 254 g/mol. The van der Waals surface area contributed by atoms with E-state index in [1.807, 2.05) is 12.2 Å². The molecule has 0 amide bonds. The topological polar surface area (TPSA) is 26.0 Å². The SMILES string of the molecule is CC(C)c1ccc(/C=C/CN)cc1Br. The Hall–Kier alpha value is -0.600. The minimum Gasteiger partial charge on any atom is -0.327 e. The Morgan fingerprint density at radius 2 is 2.14 bits per heavy atom. The quantitative estimate of drug-likeness (QED) is 0.877. The number of hydrogen-bond donors (Lipinski definition) is 1. The number of benzene rings is 1. The summed E-state index contributed by atoms with van der Waals surface area (Å²) in [5.41, 5.74) is 7.92. The van der Waals surface area contributed by atoms with Gasteiger partial charge in [-0.15, -0.1) is 0 Å². The van der Waals surface area contributed by atoms with Crippen LogP contribution in [0.5, 0.6) is 0 Å². The molecule has 1 nitrogen and oxygen atoms in total. The molecule has 14 heavy (non-hydrogen) atoms. The van der Waals surface area contributed by atoms with Crippen LogP contribution in [0.1, 0.15) is 30.9 Å². The first-order valence-corrected chi connectivity index (χ1v) is 5.60. The summed E-state index contributed by atoms with van der Waals surface area (Å²) in [5.74, 6) is 0.553. The monoisotopic (exact) mass is 253 g/mol. The Morgan fingerprint density at radius 3 is 2.64 bits per heavy atom. The summed E-state index contributed by atoms with van der Waals surface area (Å²) in [5, 5.41) is 0. The zero-order chi connectivity index (χ0) is 10.6. The van der Waals surface area contributed by atoms with Crippen molar-refractivity contribution in [3.63, 3.8) is 0 Å². The number of rotatable bonds is 3. The lowest BCUT2D eigenvalue weighted by molar-refractivity contribution is 0.861. The lowest BCUT2D eigenvalue weighted by Gasteiger charge is -2.08. The van der Waals surface area contributed by atoms with Gasteiger partial charge in [0.2, 0.25) is 0 Å². The van der Waals surface area contributed by atoms with Crippen LogP contribution in [0.4, 0.5) is 0 Å². The van der Waals surface area contributed by atoms with E-state index in [1.54, 1.807) is 0 Å². The molecule has 0 atom stereocenters. The van der Waals surface area contributed by atoms with Crippen LogP contribution in [0.2, 0.25) is 0 Å². The Labute approximate surface area is 94.1 Å². The lowest BCUT2D eigenvalue weighted by atomic mass is 10.0. The van der Waals surface area contributed by atoms with Gasteiger partial charge in [0.15, 0.2) is 0 Å². The average Bonchev–Trinajstić information content (AvgIpc) is 2.14. The van der Waals surface area contributed by atoms with Crippen molar-refractivity contribution >= 4 is 22.0 Å². The van der Waals surface area contributed by atoms with Gasteiger partial charge in [-0.3, -0.25) is 0 Å². The maximum Gasteiger partial charge on any atom is 0.0215 e. The highest BCUT2D eigenvalue weighted by Crippen LogP contribution is 2.25. The molecule has 1 rings (SSSR count). The molecule has 0 fully saturated rings. The predicted octanol–water partition coefficient (Wildman–Crippen LogP) is 3.54. The molecule has 2 heteroatoms. The van der Waals surface area contributed by atoms with Crippen LogP contribution in [0, 0.1) is 0 Å². The van der Waals surface area contributed by atoms with Gasteiger partial charge < -0.3 is 5.73 Å². The second kappa shape index (κ2) is 5.32. The largest absolute Gasteiger partial charge is 0.327 e. The molecular formula is C12H16BrN. The fraction of sp³-hybridized carbons (Fsp3) is 0.333. The number of hydrogen-bond acceptors (Lipinski definition) is 1. The Morgan fingerprint density at radius 1 is 1.43 bits per heavy atom. The van der Waals surface area contributed by atoms with Crippen molar-refractivity contribution in [2.45, 2.75) is 19.8 Å². The van der Waals surface area contributed by atoms with Gasteiger partial charge in [-0.2, -0.15) is 0 Å². The molecular weight excluding hydrogens is 238 g/mol. The minimum atomic E-state index is 0.553. The molecule has 0 radical (unpaired) electrons. The molecule has 1 aromatic carbocycles. The highest BCUT2D eigenvalue weighted by Gasteiger charge is 2.03. The van der Waals surface area contributed by atoms with E-state index >= 15 is 0 Å². The summed E-state index contributed by atoms with van der Waals surface area (Å²) >= 11 is 3.57. The van der Waals surface area contributed by atoms with Gasteiger partial charge >= 0.3 is 0 Å². The van der Waals surface area contributed by atoms with E-state index < -0.39 is 0 Å². The molecule has 0 aliphatic rings. The minimum absolute atomic E-state index is 0.553. The van der Waals surface area contributed by atoms with Crippen molar-refractivity contribution < 1.29 is 0 Å². The van der Waals surface area contributed by atoms with E-state index in [2.05, 4.69) is 48.0 Å². The van der Waals surface area contributed by atoms with Gasteiger partial charge in [0.25, 0.3) is 0 Å². The smallest absolute Gasteiger partial charge is 0.0215 e. The zero-order valence-corrected chi connectivity index (χ0v) is 10.2. The third kappa shape index (κ3) is 2.96. The highest BCUT2D eigenvalue weighted by atomic mass is 79.9. The molecule has 1 aromatic rings. The lowest BCUT2D eigenvalue weighted by Crippen LogP contribution is -1.92. The summed E-state index contributed by atoms with van der Waals surface area (Å²) in [6.07, 6.45) is 3.99. The normalized spacial score (nSPS) is 11.5. The van der Waals surface area contributed by atoms with E-state index in [4.69, 9.17) is 5.73 Å². The van der Waals surface area contributed by atoms with Crippen molar-refractivity contribution in [1.29, 1.82) is 0 Å². The van der Waals surface area contributed by atoms with Crippen molar-refractivity contribution in [1.82, 2.24) is 0 Å². The molecule has 0 saturated heterocycles. The molecule has 76 valence electrons. The highest BCUT2D eigenvalue weighted by molar-refractivity contribution is 9.10. The fourth-order valence-electron chi connectivity index (χ4n) is 1.32. The second-order valence-electron chi connectivity index (χ2n) is 3.57. The maximum absolute atomic E-state index is 5.39. The van der Waals surface area contributed by atoms with Crippen LogP contribution < -0.4 is 5.73 Å².